The van der Waals surface area contributed by atoms with Crippen molar-refractivity contribution in [3.63, 3.8) is 0 Å². The van der Waals surface area contributed by atoms with Crippen LogP contribution in [0.1, 0.15) is 38.8 Å². The molecule has 0 saturated carbocycles. The fourth-order valence-electron chi connectivity index (χ4n) is 2.51. The van der Waals surface area contributed by atoms with Crippen LogP contribution in [-0.4, -0.2) is 39.8 Å². The van der Waals surface area contributed by atoms with Gasteiger partial charge in [-0.1, -0.05) is 12.1 Å². The van der Waals surface area contributed by atoms with Gasteiger partial charge >= 0.3 is 0 Å². The van der Waals surface area contributed by atoms with Crippen molar-refractivity contribution in [3.8, 4) is 0 Å². The zero-order valence-electron chi connectivity index (χ0n) is 11.6. The van der Waals surface area contributed by atoms with Crippen molar-refractivity contribution >= 4 is 0 Å². The van der Waals surface area contributed by atoms with Gasteiger partial charge < -0.3 is 10.1 Å². The van der Waals surface area contributed by atoms with Gasteiger partial charge in [0.2, 0.25) is 0 Å². The number of aryl methyl sites for hydroxylation is 1. The molecule has 2 rings (SSSR count). The molecule has 18 heavy (non-hydrogen) atoms. The molecule has 1 N–H and O–H groups in total. The fraction of sp³-hybridized carbons (Fsp3) is 0.846. The van der Waals surface area contributed by atoms with E-state index < -0.39 is 0 Å². The molecule has 1 aliphatic heterocycles. The average Bonchev–Trinajstić information content (AvgIpc) is 2.93. The standard InChI is InChI=1S/C13H24N4O/c1-4-7-14-12(13-6-5-10(2)18-13)8-11-9-17(3)16-15-11/h9-10,12-14H,4-8H2,1-3H3. The lowest BCUT2D eigenvalue weighted by Crippen LogP contribution is -2.42. The van der Waals surface area contributed by atoms with Crippen LogP contribution >= 0.6 is 0 Å². The Kier molecular flexibility index (Phi) is 4.72. The van der Waals surface area contributed by atoms with Gasteiger partial charge in [0.1, 0.15) is 0 Å². The molecule has 1 aliphatic rings. The van der Waals surface area contributed by atoms with Crippen molar-refractivity contribution in [2.75, 3.05) is 6.54 Å². The Hall–Kier alpha value is -0.940. The fourth-order valence-corrected chi connectivity index (χ4v) is 2.51. The van der Waals surface area contributed by atoms with Gasteiger partial charge in [-0.2, -0.15) is 0 Å². The maximum atomic E-state index is 5.98. The Morgan fingerprint density at radius 3 is 2.94 bits per heavy atom. The van der Waals surface area contributed by atoms with Gasteiger partial charge in [0.25, 0.3) is 0 Å². The van der Waals surface area contributed by atoms with Gasteiger partial charge in [0.05, 0.1) is 17.9 Å². The minimum Gasteiger partial charge on any atom is -0.374 e. The lowest BCUT2D eigenvalue weighted by molar-refractivity contribution is 0.0318. The third-order valence-electron chi connectivity index (χ3n) is 3.45. The normalized spacial score (nSPS) is 25.5. The van der Waals surface area contributed by atoms with E-state index in [1.165, 1.54) is 0 Å². The van der Waals surface area contributed by atoms with Gasteiger partial charge in [-0.15, -0.1) is 5.10 Å². The third kappa shape index (κ3) is 3.53. The summed E-state index contributed by atoms with van der Waals surface area (Å²) in [6, 6.07) is 0.353. The number of rotatable bonds is 6. The molecule has 5 heteroatoms. The second-order valence-corrected chi connectivity index (χ2v) is 5.21. The Balaban J connectivity index is 1.96. The predicted octanol–water partition coefficient (Wildman–Crippen LogP) is 1.29. The summed E-state index contributed by atoms with van der Waals surface area (Å²) in [6.07, 6.45) is 7.03. The molecule has 2 heterocycles. The van der Waals surface area contributed by atoms with Crippen LogP contribution in [-0.2, 0) is 18.2 Å². The molecule has 0 bridgehead atoms. The molecule has 0 spiro atoms. The van der Waals surface area contributed by atoms with Gasteiger partial charge in [-0.05, 0) is 32.7 Å². The van der Waals surface area contributed by atoms with E-state index in [9.17, 15) is 0 Å². The molecular formula is C13H24N4O. The molecular weight excluding hydrogens is 228 g/mol. The zero-order valence-corrected chi connectivity index (χ0v) is 11.6. The Bertz CT molecular complexity index is 366. The molecule has 3 atom stereocenters. The van der Waals surface area contributed by atoms with Crippen LogP contribution in [0.5, 0.6) is 0 Å². The monoisotopic (exact) mass is 252 g/mol. The smallest absolute Gasteiger partial charge is 0.0843 e. The third-order valence-corrected chi connectivity index (χ3v) is 3.45. The van der Waals surface area contributed by atoms with Crippen molar-refractivity contribution in [1.29, 1.82) is 0 Å². The molecule has 1 fully saturated rings. The number of ether oxygens (including phenoxy) is 1. The van der Waals surface area contributed by atoms with E-state index >= 15 is 0 Å². The van der Waals surface area contributed by atoms with Crippen LogP contribution in [0.3, 0.4) is 0 Å². The second-order valence-electron chi connectivity index (χ2n) is 5.21. The number of nitrogens with zero attached hydrogens (tertiary/aromatic N) is 3. The van der Waals surface area contributed by atoms with Crippen LogP contribution in [0.15, 0.2) is 6.20 Å². The predicted molar refractivity (Wildman–Crippen MR) is 70.4 cm³/mol. The second kappa shape index (κ2) is 6.29. The summed E-state index contributed by atoms with van der Waals surface area (Å²) in [7, 11) is 1.90. The van der Waals surface area contributed by atoms with Crippen molar-refractivity contribution in [3.05, 3.63) is 11.9 Å². The lowest BCUT2D eigenvalue weighted by atomic mass is 10.0. The van der Waals surface area contributed by atoms with E-state index in [0.717, 1.165) is 37.9 Å². The molecule has 0 amide bonds. The molecule has 3 unspecified atom stereocenters. The van der Waals surface area contributed by atoms with Gasteiger partial charge in [0, 0.05) is 25.7 Å². The van der Waals surface area contributed by atoms with Crippen molar-refractivity contribution in [1.82, 2.24) is 20.3 Å². The number of hydrogen-bond donors (Lipinski definition) is 1. The Morgan fingerprint density at radius 1 is 1.56 bits per heavy atom. The maximum absolute atomic E-state index is 5.98. The summed E-state index contributed by atoms with van der Waals surface area (Å²) >= 11 is 0. The molecule has 102 valence electrons. The van der Waals surface area contributed by atoms with Crippen LogP contribution in [0.25, 0.3) is 0 Å². The molecule has 0 aliphatic carbocycles. The van der Waals surface area contributed by atoms with Gasteiger partial charge in [0.15, 0.2) is 0 Å². The van der Waals surface area contributed by atoms with E-state index in [1.54, 1.807) is 4.68 Å². The summed E-state index contributed by atoms with van der Waals surface area (Å²) in [5.41, 5.74) is 1.04. The largest absolute Gasteiger partial charge is 0.374 e. The SMILES string of the molecule is CCCNC(Cc1cn(C)nn1)C1CCC(C)O1. The number of nitrogens with one attached hydrogen (secondary N) is 1. The first-order valence-corrected chi connectivity index (χ1v) is 6.93. The first-order valence-electron chi connectivity index (χ1n) is 6.93. The lowest BCUT2D eigenvalue weighted by Gasteiger charge is -2.24. The van der Waals surface area contributed by atoms with Crippen molar-refractivity contribution in [2.24, 2.45) is 7.05 Å². The topological polar surface area (TPSA) is 52.0 Å². The molecule has 0 radical (unpaired) electrons. The van der Waals surface area contributed by atoms with Crippen LogP contribution in [0.2, 0.25) is 0 Å². The summed E-state index contributed by atoms with van der Waals surface area (Å²) in [6.45, 7) is 5.36. The first-order chi connectivity index (χ1) is 8.69. The minimum atomic E-state index is 0.313. The number of aromatic nitrogens is 3. The highest BCUT2D eigenvalue weighted by Crippen LogP contribution is 2.23. The van der Waals surface area contributed by atoms with E-state index in [1.807, 2.05) is 13.2 Å². The maximum Gasteiger partial charge on any atom is 0.0843 e. The molecule has 1 aromatic rings. The summed E-state index contributed by atoms with van der Waals surface area (Å²) in [5.74, 6) is 0. The van der Waals surface area contributed by atoms with Crippen molar-refractivity contribution in [2.45, 2.75) is 57.8 Å². The van der Waals surface area contributed by atoms with Gasteiger partial charge in [-0.25, -0.2) is 0 Å². The van der Waals surface area contributed by atoms with E-state index in [4.69, 9.17) is 4.74 Å². The highest BCUT2D eigenvalue weighted by Gasteiger charge is 2.29. The van der Waals surface area contributed by atoms with Crippen molar-refractivity contribution < 1.29 is 4.74 Å². The van der Waals surface area contributed by atoms with Gasteiger partial charge in [-0.3, -0.25) is 4.68 Å². The molecule has 1 aromatic heterocycles. The van der Waals surface area contributed by atoms with Crippen LogP contribution < -0.4 is 5.32 Å². The Morgan fingerprint density at radius 2 is 2.39 bits per heavy atom. The van der Waals surface area contributed by atoms with E-state index in [-0.39, 0.29) is 0 Å². The zero-order chi connectivity index (χ0) is 13.0. The molecule has 5 nitrogen and oxygen atoms in total. The quantitative estimate of drug-likeness (QED) is 0.829. The van der Waals surface area contributed by atoms with Crippen LogP contribution in [0.4, 0.5) is 0 Å². The summed E-state index contributed by atoms with van der Waals surface area (Å²) in [4.78, 5) is 0. The average molecular weight is 252 g/mol. The number of hydrogen-bond acceptors (Lipinski definition) is 4. The van der Waals surface area contributed by atoms with Crippen LogP contribution in [0, 0.1) is 0 Å². The Labute approximate surface area is 109 Å². The minimum absolute atomic E-state index is 0.313. The molecule has 0 aromatic carbocycles. The summed E-state index contributed by atoms with van der Waals surface area (Å²) in [5, 5.41) is 11.7. The highest BCUT2D eigenvalue weighted by atomic mass is 16.5. The highest BCUT2D eigenvalue weighted by molar-refractivity contribution is 4.98. The summed E-state index contributed by atoms with van der Waals surface area (Å²) < 4.78 is 7.74. The van der Waals surface area contributed by atoms with E-state index in [2.05, 4.69) is 29.5 Å². The molecule has 1 saturated heterocycles. The first kappa shape index (κ1) is 13.5. The van der Waals surface area contributed by atoms with E-state index in [0.29, 0.717) is 18.2 Å².